The highest BCUT2D eigenvalue weighted by atomic mass is 32.1. The number of aromatic nitrogens is 1. The quantitative estimate of drug-likeness (QED) is 0.932. The lowest BCUT2D eigenvalue weighted by Crippen LogP contribution is -2.01. The Hall–Kier alpha value is -2.08. The van der Waals surface area contributed by atoms with Crippen molar-refractivity contribution in [3.8, 4) is 22.8 Å². The van der Waals surface area contributed by atoms with Crippen LogP contribution in [0.1, 0.15) is 15.4 Å². The molecule has 0 amide bonds. The van der Waals surface area contributed by atoms with Crippen molar-refractivity contribution >= 4 is 17.3 Å². The molecule has 0 bridgehead atoms. The highest BCUT2D eigenvalue weighted by Crippen LogP contribution is 2.39. The van der Waals surface area contributed by atoms with Gasteiger partial charge in [0.05, 0.1) is 36.0 Å². The lowest BCUT2D eigenvalue weighted by atomic mass is 10.1. The first-order chi connectivity index (χ1) is 9.06. The zero-order valence-corrected chi connectivity index (χ0v) is 11.6. The molecule has 6 heteroatoms. The van der Waals surface area contributed by atoms with Crippen LogP contribution < -0.4 is 9.47 Å². The first-order valence-corrected chi connectivity index (χ1v) is 6.36. The molecule has 1 aromatic heterocycles. The second-order valence-corrected chi connectivity index (χ2v) is 4.87. The van der Waals surface area contributed by atoms with Gasteiger partial charge in [-0.25, -0.2) is 9.78 Å². The van der Waals surface area contributed by atoms with Gasteiger partial charge in [-0.3, -0.25) is 0 Å². The summed E-state index contributed by atoms with van der Waals surface area (Å²) in [7, 11) is 2.98. The van der Waals surface area contributed by atoms with Crippen LogP contribution in [0.2, 0.25) is 0 Å². The minimum Gasteiger partial charge on any atom is -0.496 e. The molecular formula is C13H13NO4S. The number of methoxy groups -OCH3 is 2. The minimum absolute atomic E-state index is 0.115. The van der Waals surface area contributed by atoms with E-state index in [1.54, 1.807) is 0 Å². The zero-order valence-electron chi connectivity index (χ0n) is 10.8. The Kier molecular flexibility index (Phi) is 3.71. The van der Waals surface area contributed by atoms with Crippen LogP contribution in [0.3, 0.4) is 0 Å². The summed E-state index contributed by atoms with van der Waals surface area (Å²) >= 11 is 1.51. The highest BCUT2D eigenvalue weighted by Gasteiger charge is 2.19. The first kappa shape index (κ1) is 13.4. The standard InChI is InChI=1S/C13H13NO4S/c1-7-14-9(6-19-7)12-10(17-2)4-8(13(15)16)5-11(12)18-3/h4-6H,1-3H3,(H,15,16). The molecule has 0 aliphatic heterocycles. The molecule has 0 radical (unpaired) electrons. The average molecular weight is 279 g/mol. The van der Waals surface area contributed by atoms with Crippen LogP contribution in [0.15, 0.2) is 17.5 Å². The molecule has 0 saturated heterocycles. The molecule has 1 heterocycles. The van der Waals surface area contributed by atoms with Gasteiger partial charge >= 0.3 is 5.97 Å². The molecule has 0 fully saturated rings. The lowest BCUT2D eigenvalue weighted by molar-refractivity contribution is 0.0696. The maximum atomic E-state index is 11.1. The number of ether oxygens (including phenoxy) is 2. The number of aromatic carboxylic acids is 1. The largest absolute Gasteiger partial charge is 0.496 e. The van der Waals surface area contributed by atoms with Gasteiger partial charge in [-0.05, 0) is 19.1 Å². The molecule has 5 nitrogen and oxygen atoms in total. The molecule has 19 heavy (non-hydrogen) atoms. The van der Waals surface area contributed by atoms with Crippen molar-refractivity contribution < 1.29 is 19.4 Å². The fraction of sp³-hybridized carbons (Fsp3) is 0.231. The Bertz CT molecular complexity index is 596. The summed E-state index contributed by atoms with van der Waals surface area (Å²) in [6.45, 7) is 1.90. The molecule has 0 spiro atoms. The Balaban J connectivity index is 2.67. The monoisotopic (exact) mass is 279 g/mol. The topological polar surface area (TPSA) is 68.7 Å². The van der Waals surface area contributed by atoms with Crippen LogP contribution in [-0.4, -0.2) is 30.3 Å². The average Bonchev–Trinajstić information content (AvgIpc) is 2.83. The summed E-state index contributed by atoms with van der Waals surface area (Å²) in [6.07, 6.45) is 0. The van der Waals surface area contributed by atoms with E-state index in [-0.39, 0.29) is 5.56 Å². The molecule has 100 valence electrons. The zero-order chi connectivity index (χ0) is 14.0. The van der Waals surface area contributed by atoms with Gasteiger partial charge in [-0.2, -0.15) is 0 Å². The van der Waals surface area contributed by atoms with Crippen molar-refractivity contribution in [2.45, 2.75) is 6.92 Å². The molecule has 0 aliphatic carbocycles. The minimum atomic E-state index is -1.03. The van der Waals surface area contributed by atoms with E-state index >= 15 is 0 Å². The maximum Gasteiger partial charge on any atom is 0.335 e. The van der Waals surface area contributed by atoms with E-state index < -0.39 is 5.97 Å². The van der Waals surface area contributed by atoms with E-state index in [0.29, 0.717) is 22.8 Å². The number of benzene rings is 1. The van der Waals surface area contributed by atoms with Crippen LogP contribution in [0.25, 0.3) is 11.3 Å². The van der Waals surface area contributed by atoms with Crippen LogP contribution >= 0.6 is 11.3 Å². The molecule has 1 N–H and O–H groups in total. The molecule has 1 aromatic carbocycles. The lowest BCUT2D eigenvalue weighted by Gasteiger charge is -2.12. The van der Waals surface area contributed by atoms with Gasteiger partial charge < -0.3 is 14.6 Å². The number of carbonyl (C=O) groups is 1. The molecule has 0 atom stereocenters. The van der Waals surface area contributed by atoms with E-state index in [1.807, 2.05) is 12.3 Å². The van der Waals surface area contributed by atoms with E-state index in [4.69, 9.17) is 14.6 Å². The SMILES string of the molecule is COc1cc(C(=O)O)cc(OC)c1-c1csc(C)n1. The van der Waals surface area contributed by atoms with E-state index in [9.17, 15) is 4.79 Å². The Morgan fingerprint density at radius 3 is 2.21 bits per heavy atom. The summed E-state index contributed by atoms with van der Waals surface area (Å²) < 4.78 is 10.5. The van der Waals surface area contributed by atoms with Gasteiger partial charge in [-0.1, -0.05) is 0 Å². The summed E-state index contributed by atoms with van der Waals surface area (Å²) in [5, 5.41) is 11.9. The van der Waals surface area contributed by atoms with Crippen molar-refractivity contribution in [1.82, 2.24) is 4.98 Å². The Morgan fingerprint density at radius 1 is 1.26 bits per heavy atom. The number of carboxylic acid groups (broad SMARTS) is 1. The van der Waals surface area contributed by atoms with Gasteiger partial charge in [0.25, 0.3) is 0 Å². The summed E-state index contributed by atoms with van der Waals surface area (Å²) in [5.74, 6) is -0.165. The van der Waals surface area contributed by atoms with Gasteiger partial charge in [0, 0.05) is 5.38 Å². The second kappa shape index (κ2) is 5.27. The molecule has 0 aliphatic rings. The molecule has 2 rings (SSSR count). The van der Waals surface area contributed by atoms with Crippen LogP contribution in [-0.2, 0) is 0 Å². The van der Waals surface area contributed by atoms with Crippen LogP contribution in [0.4, 0.5) is 0 Å². The normalized spacial score (nSPS) is 10.3. The third kappa shape index (κ3) is 2.53. The van der Waals surface area contributed by atoms with Crippen LogP contribution in [0, 0.1) is 6.92 Å². The third-order valence-electron chi connectivity index (χ3n) is 2.63. The van der Waals surface area contributed by atoms with Crippen molar-refractivity contribution in [2.24, 2.45) is 0 Å². The number of nitrogens with zero attached hydrogens (tertiary/aromatic N) is 1. The van der Waals surface area contributed by atoms with E-state index in [2.05, 4.69) is 4.98 Å². The first-order valence-electron chi connectivity index (χ1n) is 5.48. The highest BCUT2D eigenvalue weighted by molar-refractivity contribution is 7.09. The predicted molar refractivity (Wildman–Crippen MR) is 72.4 cm³/mol. The third-order valence-corrected chi connectivity index (χ3v) is 3.40. The number of hydrogen-bond acceptors (Lipinski definition) is 5. The number of hydrogen-bond donors (Lipinski definition) is 1. The van der Waals surface area contributed by atoms with E-state index in [0.717, 1.165) is 5.01 Å². The number of thiazole rings is 1. The second-order valence-electron chi connectivity index (χ2n) is 3.81. The molecule has 0 saturated carbocycles. The van der Waals surface area contributed by atoms with Crippen molar-refractivity contribution in [3.63, 3.8) is 0 Å². The van der Waals surface area contributed by atoms with Crippen molar-refractivity contribution in [1.29, 1.82) is 0 Å². The number of aryl methyl sites for hydroxylation is 1. The fourth-order valence-electron chi connectivity index (χ4n) is 1.77. The predicted octanol–water partition coefficient (Wildman–Crippen LogP) is 2.83. The Labute approximate surface area is 114 Å². The number of carboxylic acids is 1. The van der Waals surface area contributed by atoms with Gasteiger partial charge in [0.15, 0.2) is 0 Å². The smallest absolute Gasteiger partial charge is 0.335 e. The van der Waals surface area contributed by atoms with Crippen molar-refractivity contribution in [2.75, 3.05) is 14.2 Å². The van der Waals surface area contributed by atoms with Gasteiger partial charge in [0.2, 0.25) is 0 Å². The fourth-order valence-corrected chi connectivity index (χ4v) is 2.37. The maximum absolute atomic E-state index is 11.1. The van der Waals surface area contributed by atoms with Crippen LogP contribution in [0.5, 0.6) is 11.5 Å². The number of rotatable bonds is 4. The van der Waals surface area contributed by atoms with Gasteiger partial charge in [0.1, 0.15) is 11.5 Å². The molecule has 0 unspecified atom stereocenters. The van der Waals surface area contributed by atoms with E-state index in [1.165, 1.54) is 37.7 Å². The summed E-state index contributed by atoms with van der Waals surface area (Å²) in [4.78, 5) is 15.4. The summed E-state index contributed by atoms with van der Waals surface area (Å²) in [6, 6.07) is 2.93. The Morgan fingerprint density at radius 2 is 1.84 bits per heavy atom. The molecular weight excluding hydrogens is 266 g/mol. The summed E-state index contributed by atoms with van der Waals surface area (Å²) in [5.41, 5.74) is 1.50. The van der Waals surface area contributed by atoms with Gasteiger partial charge in [-0.15, -0.1) is 11.3 Å². The molecule has 2 aromatic rings. The van der Waals surface area contributed by atoms with Crippen molar-refractivity contribution in [3.05, 3.63) is 28.1 Å².